The highest BCUT2D eigenvalue weighted by Crippen LogP contribution is 2.25. The first-order chi connectivity index (χ1) is 8.06. The van der Waals surface area contributed by atoms with Gasteiger partial charge >= 0.3 is 0 Å². The molecule has 0 atom stereocenters. The van der Waals surface area contributed by atoms with Gasteiger partial charge in [0.1, 0.15) is 0 Å². The van der Waals surface area contributed by atoms with E-state index in [0.717, 1.165) is 17.1 Å². The molecule has 0 aliphatic heterocycles. The number of hydrogen-bond donors (Lipinski definition) is 2. The molecule has 2 rings (SSSR count). The van der Waals surface area contributed by atoms with E-state index in [9.17, 15) is 0 Å². The maximum Gasteiger partial charge on any atom is 0.0618 e. The van der Waals surface area contributed by atoms with Crippen LogP contribution in [0.1, 0.15) is 16.7 Å². The van der Waals surface area contributed by atoms with Crippen LogP contribution in [0.2, 0.25) is 0 Å². The van der Waals surface area contributed by atoms with Gasteiger partial charge in [-0.2, -0.15) is 0 Å². The van der Waals surface area contributed by atoms with Gasteiger partial charge in [-0.15, -0.1) is 0 Å². The normalized spacial score (nSPS) is 10.3. The SMILES string of the molecule is Cc1ccc(Nc2ccc(C)c(C)c2)c(N)c1. The quantitative estimate of drug-likeness (QED) is 0.761. The Morgan fingerprint density at radius 2 is 1.65 bits per heavy atom. The summed E-state index contributed by atoms with van der Waals surface area (Å²) in [5.41, 5.74) is 12.5. The zero-order chi connectivity index (χ0) is 12.4. The molecular weight excluding hydrogens is 208 g/mol. The number of nitrogens with one attached hydrogen (secondary N) is 1. The van der Waals surface area contributed by atoms with Crippen molar-refractivity contribution in [2.24, 2.45) is 0 Å². The third-order valence-corrected chi connectivity index (χ3v) is 2.99. The fourth-order valence-corrected chi connectivity index (χ4v) is 1.77. The number of aryl methyl sites for hydroxylation is 3. The summed E-state index contributed by atoms with van der Waals surface area (Å²) >= 11 is 0. The third-order valence-electron chi connectivity index (χ3n) is 2.99. The van der Waals surface area contributed by atoms with Crippen LogP contribution in [0.3, 0.4) is 0 Å². The minimum atomic E-state index is 0.781. The highest BCUT2D eigenvalue weighted by molar-refractivity contribution is 5.73. The molecule has 88 valence electrons. The van der Waals surface area contributed by atoms with Crippen LogP contribution in [-0.2, 0) is 0 Å². The number of anilines is 3. The molecule has 0 spiro atoms. The van der Waals surface area contributed by atoms with Crippen LogP contribution >= 0.6 is 0 Å². The first kappa shape index (κ1) is 11.5. The van der Waals surface area contributed by atoms with E-state index in [2.05, 4.69) is 43.4 Å². The van der Waals surface area contributed by atoms with Gasteiger partial charge in [-0.3, -0.25) is 0 Å². The van der Waals surface area contributed by atoms with Crippen molar-refractivity contribution in [2.75, 3.05) is 11.1 Å². The van der Waals surface area contributed by atoms with Crippen molar-refractivity contribution in [1.82, 2.24) is 0 Å². The molecule has 2 heteroatoms. The van der Waals surface area contributed by atoms with E-state index in [1.54, 1.807) is 0 Å². The predicted octanol–water partition coefficient (Wildman–Crippen LogP) is 3.94. The van der Waals surface area contributed by atoms with Crippen LogP contribution in [0, 0.1) is 20.8 Å². The molecule has 2 aromatic rings. The van der Waals surface area contributed by atoms with E-state index in [0.29, 0.717) is 0 Å². The van der Waals surface area contributed by atoms with E-state index >= 15 is 0 Å². The molecule has 0 fully saturated rings. The summed E-state index contributed by atoms with van der Waals surface area (Å²) in [6.45, 7) is 6.26. The van der Waals surface area contributed by atoms with Gasteiger partial charge in [-0.1, -0.05) is 12.1 Å². The molecule has 2 aromatic carbocycles. The van der Waals surface area contributed by atoms with Crippen LogP contribution < -0.4 is 11.1 Å². The Morgan fingerprint density at radius 3 is 2.29 bits per heavy atom. The Hall–Kier alpha value is -1.96. The minimum absolute atomic E-state index is 0.781. The molecule has 0 unspecified atom stereocenters. The average molecular weight is 226 g/mol. The summed E-state index contributed by atoms with van der Waals surface area (Å²) in [4.78, 5) is 0. The van der Waals surface area contributed by atoms with E-state index in [1.807, 2.05) is 19.1 Å². The van der Waals surface area contributed by atoms with Crippen molar-refractivity contribution in [3.8, 4) is 0 Å². The zero-order valence-corrected chi connectivity index (χ0v) is 10.5. The van der Waals surface area contributed by atoms with E-state index < -0.39 is 0 Å². The molecule has 2 nitrogen and oxygen atoms in total. The van der Waals surface area contributed by atoms with Crippen LogP contribution in [0.5, 0.6) is 0 Å². The zero-order valence-electron chi connectivity index (χ0n) is 10.5. The van der Waals surface area contributed by atoms with E-state index in [-0.39, 0.29) is 0 Å². The van der Waals surface area contributed by atoms with Crippen LogP contribution in [0.25, 0.3) is 0 Å². The van der Waals surface area contributed by atoms with Gasteiger partial charge in [0.05, 0.1) is 11.4 Å². The summed E-state index contributed by atoms with van der Waals surface area (Å²) < 4.78 is 0. The van der Waals surface area contributed by atoms with Crippen molar-refractivity contribution in [1.29, 1.82) is 0 Å². The fourth-order valence-electron chi connectivity index (χ4n) is 1.77. The molecule has 0 aliphatic carbocycles. The molecule has 0 amide bonds. The fraction of sp³-hybridized carbons (Fsp3) is 0.200. The van der Waals surface area contributed by atoms with Gasteiger partial charge in [0.2, 0.25) is 0 Å². The van der Waals surface area contributed by atoms with Gasteiger partial charge in [-0.25, -0.2) is 0 Å². The molecule has 0 radical (unpaired) electrons. The summed E-state index contributed by atoms with van der Waals surface area (Å²) in [7, 11) is 0. The Bertz CT molecular complexity index is 545. The molecule has 0 aliphatic rings. The molecule has 0 aromatic heterocycles. The van der Waals surface area contributed by atoms with Crippen molar-refractivity contribution in [3.63, 3.8) is 0 Å². The molecule has 0 saturated carbocycles. The first-order valence-electron chi connectivity index (χ1n) is 5.76. The number of rotatable bonds is 2. The number of nitrogens with two attached hydrogens (primary N) is 1. The maximum atomic E-state index is 5.97. The Labute approximate surface area is 102 Å². The highest BCUT2D eigenvalue weighted by atomic mass is 14.9. The molecule has 0 saturated heterocycles. The number of nitrogen functional groups attached to an aromatic ring is 1. The van der Waals surface area contributed by atoms with Gasteiger partial charge in [0.15, 0.2) is 0 Å². The second kappa shape index (κ2) is 4.50. The highest BCUT2D eigenvalue weighted by Gasteiger charge is 2.01. The molecule has 17 heavy (non-hydrogen) atoms. The van der Waals surface area contributed by atoms with Crippen LogP contribution in [0.15, 0.2) is 36.4 Å². The molecule has 0 heterocycles. The number of hydrogen-bond acceptors (Lipinski definition) is 2. The summed E-state index contributed by atoms with van der Waals surface area (Å²) in [5.74, 6) is 0. The lowest BCUT2D eigenvalue weighted by atomic mass is 10.1. The lowest BCUT2D eigenvalue weighted by Gasteiger charge is -2.11. The van der Waals surface area contributed by atoms with Crippen molar-refractivity contribution in [3.05, 3.63) is 53.1 Å². The predicted molar refractivity (Wildman–Crippen MR) is 74.8 cm³/mol. The lowest BCUT2D eigenvalue weighted by molar-refractivity contribution is 1.34. The average Bonchev–Trinajstić information content (AvgIpc) is 2.27. The van der Waals surface area contributed by atoms with Gasteiger partial charge in [-0.05, 0) is 61.7 Å². The van der Waals surface area contributed by atoms with Crippen LogP contribution in [-0.4, -0.2) is 0 Å². The van der Waals surface area contributed by atoms with Crippen LogP contribution in [0.4, 0.5) is 17.1 Å². The second-order valence-electron chi connectivity index (χ2n) is 4.51. The largest absolute Gasteiger partial charge is 0.397 e. The monoisotopic (exact) mass is 226 g/mol. The maximum absolute atomic E-state index is 5.97. The van der Waals surface area contributed by atoms with Gasteiger partial charge in [0.25, 0.3) is 0 Å². The topological polar surface area (TPSA) is 38.0 Å². The number of benzene rings is 2. The van der Waals surface area contributed by atoms with Crippen molar-refractivity contribution in [2.45, 2.75) is 20.8 Å². The smallest absolute Gasteiger partial charge is 0.0618 e. The van der Waals surface area contributed by atoms with Crippen molar-refractivity contribution < 1.29 is 0 Å². The summed E-state index contributed by atoms with van der Waals surface area (Å²) in [6.07, 6.45) is 0. The van der Waals surface area contributed by atoms with E-state index in [1.165, 1.54) is 16.7 Å². The summed E-state index contributed by atoms with van der Waals surface area (Å²) in [5, 5.41) is 3.34. The standard InChI is InChI=1S/C15H18N2/c1-10-4-7-15(14(16)8-10)17-13-6-5-11(2)12(3)9-13/h4-9,17H,16H2,1-3H3. The molecule has 0 bridgehead atoms. The van der Waals surface area contributed by atoms with E-state index in [4.69, 9.17) is 5.73 Å². The van der Waals surface area contributed by atoms with Gasteiger partial charge in [0, 0.05) is 5.69 Å². The first-order valence-corrected chi connectivity index (χ1v) is 5.76. The molecular formula is C15H18N2. The minimum Gasteiger partial charge on any atom is -0.397 e. The molecule has 3 N–H and O–H groups in total. The second-order valence-corrected chi connectivity index (χ2v) is 4.51. The van der Waals surface area contributed by atoms with Crippen molar-refractivity contribution >= 4 is 17.1 Å². The summed E-state index contributed by atoms with van der Waals surface area (Å²) in [6, 6.07) is 12.4. The lowest BCUT2D eigenvalue weighted by Crippen LogP contribution is -1.97. The van der Waals surface area contributed by atoms with Gasteiger partial charge < -0.3 is 11.1 Å². The Kier molecular flexibility index (Phi) is 3.05. The Balaban J connectivity index is 2.28. The Morgan fingerprint density at radius 1 is 0.882 bits per heavy atom. The third kappa shape index (κ3) is 2.59.